The van der Waals surface area contributed by atoms with Crippen molar-refractivity contribution in [3.63, 3.8) is 0 Å². The fourth-order valence-corrected chi connectivity index (χ4v) is 2.60. The summed E-state index contributed by atoms with van der Waals surface area (Å²) in [7, 11) is 0. The summed E-state index contributed by atoms with van der Waals surface area (Å²) < 4.78 is 5.11. The van der Waals surface area contributed by atoms with Crippen LogP contribution in [0.1, 0.15) is 56.2 Å². The van der Waals surface area contributed by atoms with Crippen molar-refractivity contribution in [3.8, 4) is 0 Å². The van der Waals surface area contributed by atoms with E-state index in [9.17, 15) is 4.79 Å². The minimum Gasteiger partial charge on any atom is -0.396 e. The van der Waals surface area contributed by atoms with Crippen molar-refractivity contribution in [3.05, 3.63) is 17.0 Å². The molecular weight excluding hydrogens is 270 g/mol. The Labute approximate surface area is 126 Å². The summed E-state index contributed by atoms with van der Waals surface area (Å²) in [6.45, 7) is 8.44. The van der Waals surface area contributed by atoms with Crippen molar-refractivity contribution in [1.82, 2.24) is 15.8 Å². The molecule has 2 unspecified atom stereocenters. The van der Waals surface area contributed by atoms with Crippen molar-refractivity contribution < 1.29 is 14.4 Å². The lowest BCUT2D eigenvalue weighted by atomic mass is 10.0. The number of aryl methyl sites for hydroxylation is 2. The third-order valence-electron chi connectivity index (χ3n) is 3.65. The fourth-order valence-electron chi connectivity index (χ4n) is 2.60. The Bertz CT molecular complexity index is 420. The molecule has 0 aliphatic rings. The number of carbonyl (C=O) groups is 1. The van der Waals surface area contributed by atoms with E-state index in [2.05, 4.69) is 22.7 Å². The van der Waals surface area contributed by atoms with Crippen molar-refractivity contribution in [2.75, 3.05) is 13.2 Å². The number of hydrogen-bond donors (Lipinski definition) is 3. The van der Waals surface area contributed by atoms with E-state index in [-0.39, 0.29) is 18.7 Å². The van der Waals surface area contributed by atoms with Crippen LogP contribution in [0, 0.1) is 19.8 Å². The van der Waals surface area contributed by atoms with Gasteiger partial charge in [0.25, 0.3) is 0 Å². The maximum Gasteiger partial charge on any atom is 0.315 e. The van der Waals surface area contributed by atoms with Gasteiger partial charge < -0.3 is 20.3 Å². The molecule has 1 heterocycles. The minimum atomic E-state index is -0.207. The van der Waals surface area contributed by atoms with E-state index in [1.165, 1.54) is 0 Å². The van der Waals surface area contributed by atoms with Crippen LogP contribution < -0.4 is 10.6 Å². The molecule has 0 aliphatic heterocycles. The SMILES string of the molecule is CCCC(CCO)CNC(=O)NC(C)c1c(C)noc1C. The lowest BCUT2D eigenvalue weighted by Crippen LogP contribution is -2.39. The van der Waals surface area contributed by atoms with Crippen LogP contribution in [0.25, 0.3) is 0 Å². The van der Waals surface area contributed by atoms with E-state index >= 15 is 0 Å². The van der Waals surface area contributed by atoms with Crippen LogP contribution in [0.5, 0.6) is 0 Å². The highest BCUT2D eigenvalue weighted by Gasteiger charge is 2.18. The monoisotopic (exact) mass is 297 g/mol. The maximum atomic E-state index is 11.9. The van der Waals surface area contributed by atoms with Gasteiger partial charge in [0.05, 0.1) is 11.7 Å². The molecule has 0 spiro atoms. The van der Waals surface area contributed by atoms with E-state index in [0.717, 1.165) is 29.9 Å². The standard InChI is InChI=1S/C15H27N3O3/c1-5-6-13(7-8-19)9-16-15(20)17-10(2)14-11(3)18-21-12(14)4/h10,13,19H,5-9H2,1-4H3,(H2,16,17,20). The number of carbonyl (C=O) groups excluding carboxylic acids is 1. The molecule has 0 fully saturated rings. The fraction of sp³-hybridized carbons (Fsp3) is 0.733. The number of rotatable bonds is 8. The van der Waals surface area contributed by atoms with Gasteiger partial charge in [0.15, 0.2) is 0 Å². The van der Waals surface area contributed by atoms with Gasteiger partial charge in [-0.1, -0.05) is 18.5 Å². The molecule has 1 aromatic heterocycles. The predicted molar refractivity (Wildman–Crippen MR) is 81.0 cm³/mol. The number of nitrogens with one attached hydrogen (secondary N) is 2. The molecule has 0 saturated carbocycles. The number of hydrogen-bond acceptors (Lipinski definition) is 4. The average Bonchev–Trinajstić information content (AvgIpc) is 2.76. The first kappa shape index (κ1) is 17.5. The zero-order chi connectivity index (χ0) is 15.8. The smallest absolute Gasteiger partial charge is 0.315 e. The maximum absolute atomic E-state index is 11.9. The molecule has 1 aromatic rings. The third-order valence-corrected chi connectivity index (χ3v) is 3.65. The Morgan fingerprint density at radius 1 is 1.38 bits per heavy atom. The molecular formula is C15H27N3O3. The zero-order valence-corrected chi connectivity index (χ0v) is 13.4. The average molecular weight is 297 g/mol. The number of urea groups is 1. The number of nitrogens with zero attached hydrogens (tertiary/aromatic N) is 1. The zero-order valence-electron chi connectivity index (χ0n) is 13.4. The van der Waals surface area contributed by atoms with Crippen molar-refractivity contribution in [1.29, 1.82) is 0 Å². The second-order valence-electron chi connectivity index (χ2n) is 5.48. The van der Waals surface area contributed by atoms with Crippen molar-refractivity contribution in [2.24, 2.45) is 5.92 Å². The summed E-state index contributed by atoms with van der Waals surface area (Å²) in [5, 5.41) is 18.7. The molecule has 2 atom stereocenters. The lowest BCUT2D eigenvalue weighted by molar-refractivity contribution is 0.227. The molecule has 3 N–H and O–H groups in total. The highest BCUT2D eigenvalue weighted by molar-refractivity contribution is 5.74. The summed E-state index contributed by atoms with van der Waals surface area (Å²) in [6, 6.07) is -0.361. The number of aliphatic hydroxyl groups is 1. The molecule has 0 aromatic carbocycles. The Morgan fingerprint density at radius 3 is 2.62 bits per heavy atom. The van der Waals surface area contributed by atoms with E-state index in [0.29, 0.717) is 18.9 Å². The van der Waals surface area contributed by atoms with E-state index in [1.54, 1.807) is 0 Å². The van der Waals surface area contributed by atoms with Gasteiger partial charge >= 0.3 is 6.03 Å². The summed E-state index contributed by atoms with van der Waals surface area (Å²) in [4.78, 5) is 11.9. The molecule has 0 bridgehead atoms. The van der Waals surface area contributed by atoms with Gasteiger partial charge in [0, 0.05) is 18.7 Å². The van der Waals surface area contributed by atoms with Gasteiger partial charge in [-0.3, -0.25) is 0 Å². The number of amides is 2. The van der Waals surface area contributed by atoms with Gasteiger partial charge in [0.2, 0.25) is 0 Å². The summed E-state index contributed by atoms with van der Waals surface area (Å²) in [5.41, 5.74) is 1.72. The van der Waals surface area contributed by atoms with Gasteiger partial charge in [-0.15, -0.1) is 0 Å². The highest BCUT2D eigenvalue weighted by atomic mass is 16.5. The molecule has 0 aliphatic carbocycles. The largest absolute Gasteiger partial charge is 0.396 e. The molecule has 120 valence electrons. The predicted octanol–water partition coefficient (Wildman–Crippen LogP) is 2.45. The molecule has 0 saturated heterocycles. The second-order valence-corrected chi connectivity index (χ2v) is 5.48. The third kappa shape index (κ3) is 5.38. The van der Waals surface area contributed by atoms with Gasteiger partial charge in [-0.2, -0.15) is 0 Å². The number of aliphatic hydroxyl groups excluding tert-OH is 1. The van der Waals surface area contributed by atoms with Crippen LogP contribution in [-0.2, 0) is 0 Å². The summed E-state index contributed by atoms with van der Waals surface area (Å²) in [5.74, 6) is 1.05. The Morgan fingerprint density at radius 2 is 2.10 bits per heavy atom. The molecule has 21 heavy (non-hydrogen) atoms. The lowest BCUT2D eigenvalue weighted by Gasteiger charge is -2.18. The quantitative estimate of drug-likeness (QED) is 0.688. The van der Waals surface area contributed by atoms with Crippen LogP contribution in [-0.4, -0.2) is 29.4 Å². The van der Waals surface area contributed by atoms with Crippen molar-refractivity contribution in [2.45, 2.75) is 53.0 Å². The summed E-state index contributed by atoms with van der Waals surface area (Å²) >= 11 is 0. The Kier molecular flexibility index (Phi) is 7.22. The van der Waals surface area contributed by atoms with Crippen molar-refractivity contribution >= 4 is 6.03 Å². The van der Waals surface area contributed by atoms with E-state index in [1.807, 2.05) is 20.8 Å². The Balaban J connectivity index is 2.46. The molecule has 2 amide bonds. The van der Waals surface area contributed by atoms with Crippen LogP contribution >= 0.6 is 0 Å². The van der Waals surface area contributed by atoms with Crippen LogP contribution in [0.2, 0.25) is 0 Å². The molecule has 6 heteroatoms. The van der Waals surface area contributed by atoms with Crippen LogP contribution in [0.4, 0.5) is 4.79 Å². The van der Waals surface area contributed by atoms with Crippen LogP contribution in [0.3, 0.4) is 0 Å². The molecule has 0 radical (unpaired) electrons. The van der Waals surface area contributed by atoms with Gasteiger partial charge in [-0.25, -0.2) is 4.79 Å². The van der Waals surface area contributed by atoms with E-state index in [4.69, 9.17) is 9.63 Å². The van der Waals surface area contributed by atoms with E-state index < -0.39 is 0 Å². The molecule has 1 rings (SSSR count). The van der Waals surface area contributed by atoms with Gasteiger partial charge in [0.1, 0.15) is 5.76 Å². The van der Waals surface area contributed by atoms with Gasteiger partial charge in [-0.05, 0) is 39.5 Å². The molecule has 6 nitrogen and oxygen atoms in total. The highest BCUT2D eigenvalue weighted by Crippen LogP contribution is 2.20. The normalized spacial score (nSPS) is 13.8. The first-order chi connectivity index (χ1) is 9.99. The first-order valence-corrected chi connectivity index (χ1v) is 7.57. The summed E-state index contributed by atoms with van der Waals surface area (Å²) in [6.07, 6.45) is 2.76. The topological polar surface area (TPSA) is 87.4 Å². The Hall–Kier alpha value is -1.56. The first-order valence-electron chi connectivity index (χ1n) is 7.57. The second kappa shape index (κ2) is 8.67. The van der Waals surface area contributed by atoms with Crippen LogP contribution in [0.15, 0.2) is 4.52 Å². The minimum absolute atomic E-state index is 0.154. The number of aromatic nitrogens is 1.